The van der Waals surface area contributed by atoms with Gasteiger partial charge in [-0.25, -0.2) is 9.67 Å². The van der Waals surface area contributed by atoms with Gasteiger partial charge >= 0.3 is 0 Å². The SMILES string of the molecule is COc1ccc(-c2nc(-c3ccncc3)nn2CCN(C(=O)c2cccnc2C)C2CCCC2)cc1Cl. The molecule has 5 rings (SSSR count). The largest absolute Gasteiger partial charge is 0.495 e. The van der Waals surface area contributed by atoms with Gasteiger partial charge in [-0.3, -0.25) is 14.8 Å². The van der Waals surface area contributed by atoms with Crippen molar-refractivity contribution in [3.8, 4) is 28.5 Å². The van der Waals surface area contributed by atoms with Gasteiger partial charge in [0.1, 0.15) is 5.75 Å². The standard InChI is InChI=1S/C28H29ClN6O2/c1-19-23(8-5-13-31-19)28(36)34(22-6-3-4-7-22)16-17-35-27(21-9-10-25(37-2)24(29)18-21)32-26(33-35)20-11-14-30-15-12-20/h5,8-15,18,22H,3-4,6-7,16-17H2,1-2H3. The van der Waals surface area contributed by atoms with Gasteiger partial charge in [0.2, 0.25) is 0 Å². The fraction of sp³-hybridized carbons (Fsp3) is 0.321. The fourth-order valence-electron chi connectivity index (χ4n) is 4.87. The summed E-state index contributed by atoms with van der Waals surface area (Å²) < 4.78 is 7.18. The predicted octanol–water partition coefficient (Wildman–Crippen LogP) is 5.46. The maximum absolute atomic E-state index is 13.7. The molecule has 8 nitrogen and oxygen atoms in total. The van der Waals surface area contributed by atoms with Gasteiger partial charge in [0.05, 0.1) is 24.2 Å². The molecule has 9 heteroatoms. The molecule has 0 atom stereocenters. The lowest BCUT2D eigenvalue weighted by Crippen LogP contribution is -2.41. The molecule has 0 unspecified atom stereocenters. The van der Waals surface area contributed by atoms with Gasteiger partial charge < -0.3 is 9.64 Å². The molecule has 1 amide bonds. The van der Waals surface area contributed by atoms with Gasteiger partial charge in [-0.1, -0.05) is 24.4 Å². The highest BCUT2D eigenvalue weighted by atomic mass is 35.5. The van der Waals surface area contributed by atoms with Crippen LogP contribution in [0.1, 0.15) is 41.7 Å². The maximum atomic E-state index is 13.7. The molecule has 190 valence electrons. The van der Waals surface area contributed by atoms with Crippen molar-refractivity contribution in [3.05, 3.63) is 77.3 Å². The highest BCUT2D eigenvalue weighted by Crippen LogP contribution is 2.31. The Kier molecular flexibility index (Phi) is 7.46. The average Bonchev–Trinajstić information content (AvgIpc) is 3.60. The molecule has 0 N–H and O–H groups in total. The van der Waals surface area contributed by atoms with Crippen LogP contribution in [0.4, 0.5) is 0 Å². The van der Waals surface area contributed by atoms with Crippen LogP contribution in [0.15, 0.2) is 61.1 Å². The summed E-state index contributed by atoms with van der Waals surface area (Å²) in [7, 11) is 1.59. The number of ether oxygens (including phenoxy) is 1. The minimum absolute atomic E-state index is 0.0148. The number of pyridine rings is 2. The third kappa shape index (κ3) is 5.34. The molecular weight excluding hydrogens is 488 g/mol. The number of aromatic nitrogens is 5. The van der Waals surface area contributed by atoms with E-state index in [-0.39, 0.29) is 11.9 Å². The molecule has 0 saturated heterocycles. The molecule has 1 fully saturated rings. The minimum atomic E-state index is 0.0148. The maximum Gasteiger partial charge on any atom is 0.256 e. The number of carbonyl (C=O) groups is 1. The van der Waals surface area contributed by atoms with E-state index in [1.165, 1.54) is 0 Å². The van der Waals surface area contributed by atoms with Crippen LogP contribution in [-0.2, 0) is 6.54 Å². The summed E-state index contributed by atoms with van der Waals surface area (Å²) in [4.78, 5) is 29.0. The summed E-state index contributed by atoms with van der Waals surface area (Å²) in [5.74, 6) is 1.87. The molecule has 37 heavy (non-hydrogen) atoms. The van der Waals surface area contributed by atoms with Crippen molar-refractivity contribution in [1.29, 1.82) is 0 Å². The number of hydrogen-bond donors (Lipinski definition) is 0. The van der Waals surface area contributed by atoms with Crippen LogP contribution in [0.25, 0.3) is 22.8 Å². The Morgan fingerprint density at radius 1 is 1.11 bits per heavy atom. The molecule has 1 aliphatic carbocycles. The van der Waals surface area contributed by atoms with Crippen LogP contribution < -0.4 is 4.74 Å². The summed E-state index contributed by atoms with van der Waals surface area (Å²) in [5.41, 5.74) is 3.07. The van der Waals surface area contributed by atoms with Gasteiger partial charge in [-0.05, 0) is 62.2 Å². The Labute approximate surface area is 221 Å². The second kappa shape index (κ2) is 11.1. The second-order valence-electron chi connectivity index (χ2n) is 9.14. The fourth-order valence-corrected chi connectivity index (χ4v) is 5.13. The first kappa shape index (κ1) is 24.9. The van der Waals surface area contributed by atoms with Crippen molar-refractivity contribution >= 4 is 17.5 Å². The first-order valence-electron chi connectivity index (χ1n) is 12.5. The van der Waals surface area contributed by atoms with Crippen LogP contribution in [0.5, 0.6) is 5.75 Å². The third-order valence-electron chi connectivity index (χ3n) is 6.84. The summed E-state index contributed by atoms with van der Waals surface area (Å²) in [6, 6.07) is 13.2. The van der Waals surface area contributed by atoms with E-state index in [0.29, 0.717) is 41.1 Å². The molecule has 0 bridgehead atoms. The van der Waals surface area contributed by atoms with Crippen molar-refractivity contribution in [3.63, 3.8) is 0 Å². The van der Waals surface area contributed by atoms with Crippen LogP contribution in [0.3, 0.4) is 0 Å². The first-order valence-corrected chi connectivity index (χ1v) is 12.8. The van der Waals surface area contributed by atoms with Gasteiger partial charge in [0.25, 0.3) is 5.91 Å². The lowest BCUT2D eigenvalue weighted by atomic mass is 10.1. The highest BCUT2D eigenvalue weighted by Gasteiger charge is 2.29. The van der Waals surface area contributed by atoms with Crippen molar-refractivity contribution in [2.45, 2.75) is 45.2 Å². The Morgan fingerprint density at radius 3 is 2.59 bits per heavy atom. The molecule has 0 radical (unpaired) electrons. The Balaban J connectivity index is 1.49. The predicted molar refractivity (Wildman–Crippen MR) is 143 cm³/mol. The average molecular weight is 517 g/mol. The smallest absolute Gasteiger partial charge is 0.256 e. The number of methoxy groups -OCH3 is 1. The van der Waals surface area contributed by atoms with E-state index >= 15 is 0 Å². The minimum Gasteiger partial charge on any atom is -0.495 e. The molecule has 1 aliphatic rings. The highest BCUT2D eigenvalue weighted by molar-refractivity contribution is 6.32. The molecule has 1 saturated carbocycles. The van der Waals surface area contributed by atoms with Crippen LogP contribution in [-0.4, -0.2) is 55.2 Å². The zero-order valence-corrected chi connectivity index (χ0v) is 21.7. The van der Waals surface area contributed by atoms with Crippen LogP contribution in [0, 0.1) is 6.92 Å². The summed E-state index contributed by atoms with van der Waals surface area (Å²) in [6.45, 7) is 2.87. The van der Waals surface area contributed by atoms with Crippen molar-refractivity contribution in [2.75, 3.05) is 13.7 Å². The Morgan fingerprint density at radius 2 is 1.89 bits per heavy atom. The van der Waals surface area contributed by atoms with E-state index < -0.39 is 0 Å². The van der Waals surface area contributed by atoms with E-state index in [4.69, 9.17) is 26.4 Å². The van der Waals surface area contributed by atoms with Gasteiger partial charge in [-0.2, -0.15) is 5.10 Å². The Hall–Kier alpha value is -3.78. The number of carbonyl (C=O) groups excluding carboxylic acids is 1. The number of hydrogen-bond acceptors (Lipinski definition) is 6. The molecular formula is C28H29ClN6O2. The van der Waals surface area contributed by atoms with Gasteiger partial charge in [0.15, 0.2) is 11.6 Å². The van der Waals surface area contributed by atoms with E-state index in [1.807, 2.05) is 59.0 Å². The first-order chi connectivity index (χ1) is 18.0. The van der Waals surface area contributed by atoms with E-state index in [1.54, 1.807) is 25.7 Å². The number of nitrogens with zero attached hydrogens (tertiary/aromatic N) is 6. The number of benzene rings is 1. The topological polar surface area (TPSA) is 86.0 Å². The normalized spacial score (nSPS) is 13.6. The third-order valence-corrected chi connectivity index (χ3v) is 7.13. The number of aryl methyl sites for hydroxylation is 1. The van der Waals surface area contributed by atoms with E-state index in [0.717, 1.165) is 42.5 Å². The zero-order valence-electron chi connectivity index (χ0n) is 21.0. The zero-order chi connectivity index (χ0) is 25.8. The van der Waals surface area contributed by atoms with Crippen LogP contribution >= 0.6 is 11.6 Å². The van der Waals surface area contributed by atoms with Gasteiger partial charge in [0, 0.05) is 48.0 Å². The monoisotopic (exact) mass is 516 g/mol. The molecule has 3 heterocycles. The van der Waals surface area contributed by atoms with E-state index in [9.17, 15) is 4.79 Å². The van der Waals surface area contributed by atoms with Crippen molar-refractivity contribution in [2.24, 2.45) is 0 Å². The van der Waals surface area contributed by atoms with Crippen molar-refractivity contribution < 1.29 is 9.53 Å². The Bertz CT molecular complexity index is 1380. The van der Waals surface area contributed by atoms with Gasteiger partial charge in [-0.15, -0.1) is 0 Å². The van der Waals surface area contributed by atoms with Crippen LogP contribution in [0.2, 0.25) is 5.02 Å². The molecule has 3 aromatic heterocycles. The summed E-state index contributed by atoms with van der Waals surface area (Å²) in [6.07, 6.45) is 9.43. The molecule has 4 aromatic rings. The lowest BCUT2D eigenvalue weighted by molar-refractivity contribution is 0.0670. The lowest BCUT2D eigenvalue weighted by Gasteiger charge is -2.29. The quantitative estimate of drug-likeness (QED) is 0.309. The summed E-state index contributed by atoms with van der Waals surface area (Å²) in [5, 5.41) is 5.33. The number of rotatable bonds is 8. The second-order valence-corrected chi connectivity index (χ2v) is 9.55. The number of amides is 1. The molecule has 0 aliphatic heterocycles. The molecule has 1 aromatic carbocycles. The molecule has 0 spiro atoms. The van der Waals surface area contributed by atoms with Crippen molar-refractivity contribution in [1.82, 2.24) is 29.6 Å². The summed E-state index contributed by atoms with van der Waals surface area (Å²) >= 11 is 6.44. The number of halogens is 1. The van der Waals surface area contributed by atoms with E-state index in [2.05, 4.69) is 9.97 Å².